The highest BCUT2D eigenvalue weighted by Crippen LogP contribution is 2.46. The average Bonchev–Trinajstić information content (AvgIpc) is 4.02. The number of fused-ring (bicyclic) bond motifs is 14. The molecule has 0 saturated carbocycles. The van der Waals surface area contributed by atoms with E-state index in [0.717, 1.165) is 66.8 Å². The fraction of sp³-hybridized carbons (Fsp3) is 0.0175. The lowest BCUT2D eigenvalue weighted by Gasteiger charge is -2.14. The molecule has 0 radical (unpaired) electrons. The van der Waals surface area contributed by atoms with Crippen LogP contribution in [-0.2, 0) is 0 Å². The van der Waals surface area contributed by atoms with Crippen LogP contribution in [0.4, 0.5) is 0 Å². The second-order valence-corrected chi connectivity index (χ2v) is 16.4. The van der Waals surface area contributed by atoms with Gasteiger partial charge in [-0.1, -0.05) is 158 Å². The van der Waals surface area contributed by atoms with Crippen LogP contribution in [0.1, 0.15) is 23.1 Å². The van der Waals surface area contributed by atoms with Crippen molar-refractivity contribution >= 4 is 110 Å². The number of aliphatic imine (C=N–C) groups is 2. The Bertz CT molecular complexity index is 4110. The van der Waals surface area contributed by atoms with Crippen molar-refractivity contribution in [3.63, 3.8) is 0 Å². The Morgan fingerprint density at radius 2 is 1.10 bits per heavy atom. The van der Waals surface area contributed by atoms with E-state index in [1.807, 2.05) is 18.2 Å². The van der Waals surface area contributed by atoms with Gasteiger partial charge in [0.05, 0.1) is 50.1 Å². The van der Waals surface area contributed by atoms with Crippen LogP contribution >= 0.6 is 0 Å². The van der Waals surface area contributed by atoms with Gasteiger partial charge in [0.15, 0.2) is 5.84 Å². The molecule has 5 nitrogen and oxygen atoms in total. The highest BCUT2D eigenvalue weighted by molar-refractivity contribution is 6.28. The van der Waals surface area contributed by atoms with Crippen molar-refractivity contribution in [3.8, 4) is 5.69 Å². The van der Waals surface area contributed by atoms with E-state index in [1.54, 1.807) is 0 Å². The van der Waals surface area contributed by atoms with Gasteiger partial charge in [-0.25, -0.2) is 9.98 Å². The molecule has 288 valence electrons. The van der Waals surface area contributed by atoms with Crippen LogP contribution in [0.25, 0.3) is 104 Å². The van der Waals surface area contributed by atoms with E-state index in [0.29, 0.717) is 12.3 Å². The molecule has 9 aromatic carbocycles. The molecule has 0 unspecified atom stereocenters. The number of hydrogen-bond donors (Lipinski definition) is 0. The number of rotatable bonds is 4. The van der Waals surface area contributed by atoms with Crippen LogP contribution in [0.2, 0.25) is 0 Å². The van der Waals surface area contributed by atoms with Crippen LogP contribution in [0.15, 0.2) is 209 Å². The third kappa shape index (κ3) is 4.67. The monoisotopic (exact) mass is 790 g/mol. The number of aromatic nitrogens is 2. The molecule has 0 atom stereocenters. The van der Waals surface area contributed by atoms with Crippen molar-refractivity contribution in [2.24, 2.45) is 9.98 Å². The standard InChI is InChI=1S/C57H34N4O/c1-3-15-35(16-4-1)46-28-29-47(36-17-5-2-6-18-36)59-57(58-46)37-30-51(54-43-21-10-12-25-52(43)62-53(54)31-37)61-50-33-49-44(32-45(50)42-27-26-34-14-7-8-19-38(34)55(42)61)41-23-13-22-40-39-20-9-11-24-48(39)60(49)56(40)41/h1-28,30-33H,29H2. The van der Waals surface area contributed by atoms with E-state index in [2.05, 4.69) is 185 Å². The van der Waals surface area contributed by atoms with E-state index in [4.69, 9.17) is 14.4 Å². The highest BCUT2D eigenvalue weighted by Gasteiger charge is 2.25. The molecule has 0 saturated heterocycles. The first kappa shape index (κ1) is 33.5. The lowest BCUT2D eigenvalue weighted by atomic mass is 10.0. The molecule has 0 fully saturated rings. The van der Waals surface area contributed by atoms with Gasteiger partial charge in [-0.05, 0) is 52.9 Å². The molecule has 0 bridgehead atoms. The van der Waals surface area contributed by atoms with Gasteiger partial charge >= 0.3 is 0 Å². The summed E-state index contributed by atoms with van der Waals surface area (Å²) >= 11 is 0. The van der Waals surface area contributed by atoms with Gasteiger partial charge < -0.3 is 13.4 Å². The summed E-state index contributed by atoms with van der Waals surface area (Å²) in [6.07, 6.45) is 2.85. The number of nitrogens with zero attached hydrogens (tertiary/aromatic N) is 4. The Balaban J connectivity index is 1.15. The molecule has 13 aromatic rings. The lowest BCUT2D eigenvalue weighted by molar-refractivity contribution is 0.668. The quantitative estimate of drug-likeness (QED) is 0.175. The third-order valence-corrected chi connectivity index (χ3v) is 13.1. The van der Waals surface area contributed by atoms with Crippen molar-refractivity contribution in [3.05, 3.63) is 211 Å². The molecular weight excluding hydrogens is 757 g/mol. The summed E-state index contributed by atoms with van der Waals surface area (Å²) in [7, 11) is 0. The second kappa shape index (κ2) is 12.6. The van der Waals surface area contributed by atoms with Gasteiger partial charge in [0.2, 0.25) is 0 Å². The summed E-state index contributed by atoms with van der Waals surface area (Å²) in [6, 6.07) is 67.5. The fourth-order valence-electron chi connectivity index (χ4n) is 10.4. The maximum Gasteiger partial charge on any atom is 0.160 e. The van der Waals surface area contributed by atoms with E-state index >= 15 is 0 Å². The van der Waals surface area contributed by atoms with Crippen LogP contribution in [0.5, 0.6) is 0 Å². The third-order valence-electron chi connectivity index (χ3n) is 13.1. The zero-order chi connectivity index (χ0) is 40.5. The Morgan fingerprint density at radius 1 is 0.419 bits per heavy atom. The zero-order valence-corrected chi connectivity index (χ0v) is 33.4. The predicted octanol–water partition coefficient (Wildman–Crippen LogP) is 14.7. The summed E-state index contributed by atoms with van der Waals surface area (Å²) in [4.78, 5) is 10.8. The van der Waals surface area contributed by atoms with Crippen LogP contribution < -0.4 is 0 Å². The Labute approximate surface area is 354 Å². The number of hydrogen-bond acceptors (Lipinski definition) is 3. The number of amidine groups is 1. The summed E-state index contributed by atoms with van der Waals surface area (Å²) in [6.45, 7) is 0. The molecule has 0 amide bonds. The van der Waals surface area contributed by atoms with Gasteiger partial charge in [0.1, 0.15) is 11.2 Å². The molecule has 1 aliphatic heterocycles. The van der Waals surface area contributed by atoms with Crippen molar-refractivity contribution in [2.45, 2.75) is 6.42 Å². The molecule has 4 aromatic heterocycles. The largest absolute Gasteiger partial charge is 0.456 e. The normalized spacial score (nSPS) is 13.7. The van der Waals surface area contributed by atoms with Gasteiger partial charge in [-0.15, -0.1) is 0 Å². The van der Waals surface area contributed by atoms with Gasteiger partial charge in [-0.3, -0.25) is 0 Å². The minimum atomic E-state index is 0.642. The molecule has 0 N–H and O–H groups in total. The summed E-state index contributed by atoms with van der Waals surface area (Å²) in [5, 5.41) is 12.0. The molecule has 5 heteroatoms. The van der Waals surface area contributed by atoms with Gasteiger partial charge in [0, 0.05) is 55.1 Å². The lowest BCUT2D eigenvalue weighted by Crippen LogP contribution is -2.06. The van der Waals surface area contributed by atoms with Crippen LogP contribution in [-0.4, -0.2) is 20.5 Å². The van der Waals surface area contributed by atoms with Crippen molar-refractivity contribution in [1.82, 2.24) is 8.97 Å². The fourth-order valence-corrected chi connectivity index (χ4v) is 10.4. The summed E-state index contributed by atoms with van der Waals surface area (Å²) in [5.41, 5.74) is 13.5. The van der Waals surface area contributed by atoms with E-state index in [-0.39, 0.29) is 0 Å². The number of para-hydroxylation sites is 3. The zero-order valence-electron chi connectivity index (χ0n) is 33.4. The highest BCUT2D eigenvalue weighted by atomic mass is 16.3. The number of allylic oxidation sites excluding steroid dienone is 1. The van der Waals surface area contributed by atoms with Crippen molar-refractivity contribution in [2.75, 3.05) is 0 Å². The molecule has 62 heavy (non-hydrogen) atoms. The molecule has 0 aliphatic carbocycles. The molecule has 0 spiro atoms. The second-order valence-electron chi connectivity index (χ2n) is 16.4. The van der Waals surface area contributed by atoms with Gasteiger partial charge in [0.25, 0.3) is 0 Å². The van der Waals surface area contributed by atoms with Crippen LogP contribution in [0.3, 0.4) is 0 Å². The van der Waals surface area contributed by atoms with Crippen LogP contribution in [0, 0.1) is 0 Å². The van der Waals surface area contributed by atoms with Crippen molar-refractivity contribution in [1.29, 1.82) is 0 Å². The maximum atomic E-state index is 6.85. The van der Waals surface area contributed by atoms with Gasteiger partial charge in [-0.2, -0.15) is 0 Å². The first-order valence-electron chi connectivity index (χ1n) is 21.2. The predicted molar refractivity (Wildman–Crippen MR) is 259 cm³/mol. The minimum absolute atomic E-state index is 0.642. The Kier molecular flexibility index (Phi) is 6.83. The van der Waals surface area contributed by atoms with E-state index < -0.39 is 0 Å². The minimum Gasteiger partial charge on any atom is -0.456 e. The summed E-state index contributed by atoms with van der Waals surface area (Å²) < 4.78 is 11.8. The molecule has 5 heterocycles. The maximum absolute atomic E-state index is 6.85. The average molecular weight is 791 g/mol. The molecular formula is C57H34N4O. The Morgan fingerprint density at radius 3 is 1.95 bits per heavy atom. The SMILES string of the molecule is C1=C(c2ccccc2)N=C(c2cc(-n3c4cc5c(cc4c4ccc6ccccc6c43)c3cccc4c6ccccc6n5c43)c3c(c2)oc2ccccc23)N=C(c2ccccc2)C1. The first-order chi connectivity index (χ1) is 30.7. The van der Waals surface area contributed by atoms with Crippen molar-refractivity contribution < 1.29 is 4.42 Å². The van der Waals surface area contributed by atoms with E-state index in [9.17, 15) is 0 Å². The topological polar surface area (TPSA) is 47.2 Å². The smallest absolute Gasteiger partial charge is 0.160 e. The number of furan rings is 1. The molecule has 1 aliphatic rings. The first-order valence-corrected chi connectivity index (χ1v) is 21.2. The molecule has 14 rings (SSSR count). The van der Waals surface area contributed by atoms with E-state index in [1.165, 1.54) is 59.6 Å². The number of benzene rings is 9. The summed E-state index contributed by atoms with van der Waals surface area (Å²) in [5.74, 6) is 0.642. The Hall–Kier alpha value is -8.28.